The summed E-state index contributed by atoms with van der Waals surface area (Å²) in [6, 6.07) is 39.6. The normalized spacial score (nSPS) is 10.9. The number of nitrogens with zero attached hydrogens (tertiary/aromatic N) is 6. The van der Waals surface area contributed by atoms with Gasteiger partial charge in [0.2, 0.25) is 0 Å². The summed E-state index contributed by atoms with van der Waals surface area (Å²) in [5.41, 5.74) is 5.08. The van der Waals surface area contributed by atoms with Gasteiger partial charge in [-0.15, -0.1) is 10.2 Å². The van der Waals surface area contributed by atoms with Gasteiger partial charge in [0, 0.05) is 11.1 Å². The lowest BCUT2D eigenvalue weighted by atomic mass is 10.0. The molecule has 0 atom stereocenters. The molecule has 0 saturated carbocycles. The van der Waals surface area contributed by atoms with Gasteiger partial charge in [-0.3, -0.25) is 0 Å². The lowest BCUT2D eigenvalue weighted by Crippen LogP contribution is -2.15. The van der Waals surface area contributed by atoms with E-state index in [0.717, 1.165) is 45.4 Å². The molecule has 4 aromatic carbocycles. The number of para-hydroxylation sites is 2. The molecular formula is C32H28N6O2. The van der Waals surface area contributed by atoms with Crippen molar-refractivity contribution in [2.75, 3.05) is 13.2 Å². The van der Waals surface area contributed by atoms with Crippen LogP contribution in [0.25, 0.3) is 33.9 Å². The lowest BCUT2D eigenvalue weighted by Gasteiger charge is -2.13. The molecule has 0 aliphatic rings. The third-order valence-corrected chi connectivity index (χ3v) is 6.42. The van der Waals surface area contributed by atoms with Crippen molar-refractivity contribution in [2.24, 2.45) is 0 Å². The third kappa shape index (κ3) is 5.61. The van der Waals surface area contributed by atoms with E-state index in [1.54, 1.807) is 0 Å². The summed E-state index contributed by atoms with van der Waals surface area (Å²) in [5.74, 6) is 1.62. The molecule has 6 aromatic rings. The van der Waals surface area contributed by atoms with Crippen molar-refractivity contribution in [3.8, 4) is 45.4 Å². The zero-order valence-electron chi connectivity index (χ0n) is 21.9. The molecule has 2 heterocycles. The van der Waals surface area contributed by atoms with Gasteiger partial charge in [0.05, 0.1) is 13.1 Å². The van der Waals surface area contributed by atoms with E-state index in [1.165, 1.54) is 0 Å². The highest BCUT2D eigenvalue weighted by Crippen LogP contribution is 2.36. The highest BCUT2D eigenvalue weighted by molar-refractivity contribution is 5.84. The van der Waals surface area contributed by atoms with Crippen molar-refractivity contribution < 1.29 is 9.47 Å². The first-order chi connectivity index (χ1) is 19.9. The maximum Gasteiger partial charge on any atom is 0.122 e. The monoisotopic (exact) mass is 528 g/mol. The fourth-order valence-corrected chi connectivity index (χ4v) is 4.52. The van der Waals surface area contributed by atoms with Crippen LogP contribution in [0.5, 0.6) is 11.5 Å². The molecule has 2 aromatic heterocycles. The minimum atomic E-state index is 0.425. The maximum absolute atomic E-state index is 6.01. The summed E-state index contributed by atoms with van der Waals surface area (Å²) < 4.78 is 15.8. The number of ether oxygens (including phenoxy) is 2. The zero-order chi connectivity index (χ0) is 27.0. The second kappa shape index (κ2) is 12.1. The fourth-order valence-electron chi connectivity index (χ4n) is 4.52. The average molecular weight is 529 g/mol. The Morgan fingerprint density at radius 2 is 0.800 bits per heavy atom. The van der Waals surface area contributed by atoms with Gasteiger partial charge in [-0.25, -0.2) is 9.36 Å². The Kier molecular flexibility index (Phi) is 7.57. The molecule has 0 bridgehead atoms. The van der Waals surface area contributed by atoms with Crippen molar-refractivity contribution >= 4 is 0 Å². The second-order valence-corrected chi connectivity index (χ2v) is 9.07. The predicted molar refractivity (Wildman–Crippen MR) is 154 cm³/mol. The van der Waals surface area contributed by atoms with Crippen LogP contribution in [0.2, 0.25) is 0 Å². The molecule has 8 nitrogen and oxygen atoms in total. The van der Waals surface area contributed by atoms with E-state index >= 15 is 0 Å². The minimum Gasteiger partial charge on any atom is -0.492 e. The first kappa shape index (κ1) is 25.1. The molecule has 0 amide bonds. The predicted octanol–water partition coefficient (Wildman–Crippen LogP) is 6.03. The highest BCUT2D eigenvalue weighted by Gasteiger charge is 2.26. The summed E-state index contributed by atoms with van der Waals surface area (Å²) >= 11 is 0. The lowest BCUT2D eigenvalue weighted by molar-refractivity contribution is 0.287. The number of rotatable bonds is 11. The fraction of sp³-hybridized carbons (Fsp3) is 0.125. The molecule has 8 heteroatoms. The van der Waals surface area contributed by atoms with Gasteiger partial charge in [0.1, 0.15) is 47.5 Å². The van der Waals surface area contributed by atoms with Crippen molar-refractivity contribution in [3.63, 3.8) is 0 Å². The molecule has 0 unspecified atom stereocenters. The van der Waals surface area contributed by atoms with E-state index in [-0.39, 0.29) is 0 Å². The van der Waals surface area contributed by atoms with Crippen molar-refractivity contribution in [1.82, 2.24) is 30.0 Å². The van der Waals surface area contributed by atoms with E-state index in [2.05, 4.69) is 20.6 Å². The Morgan fingerprint density at radius 3 is 1.18 bits per heavy atom. The van der Waals surface area contributed by atoms with Crippen molar-refractivity contribution in [2.45, 2.75) is 13.1 Å². The Labute approximate surface area is 232 Å². The van der Waals surface area contributed by atoms with Crippen LogP contribution in [0.4, 0.5) is 0 Å². The smallest absolute Gasteiger partial charge is 0.122 e. The van der Waals surface area contributed by atoms with E-state index < -0.39 is 0 Å². The van der Waals surface area contributed by atoms with Crippen LogP contribution in [0.3, 0.4) is 0 Å². The Morgan fingerprint density at radius 1 is 0.450 bits per heavy atom. The molecule has 6 rings (SSSR count). The largest absolute Gasteiger partial charge is 0.492 e. The molecule has 0 aliphatic carbocycles. The second-order valence-electron chi connectivity index (χ2n) is 9.07. The van der Waals surface area contributed by atoms with Crippen molar-refractivity contribution in [3.05, 3.63) is 121 Å². The molecule has 0 radical (unpaired) electrons. The Balaban J connectivity index is 1.40. The molecule has 0 aliphatic heterocycles. The molecule has 0 N–H and O–H groups in total. The van der Waals surface area contributed by atoms with Gasteiger partial charge in [-0.2, -0.15) is 0 Å². The van der Waals surface area contributed by atoms with Gasteiger partial charge >= 0.3 is 0 Å². The number of hydrogen-bond donors (Lipinski definition) is 0. The van der Waals surface area contributed by atoms with Crippen LogP contribution in [0, 0.1) is 0 Å². The van der Waals surface area contributed by atoms with Crippen LogP contribution >= 0.6 is 0 Å². The zero-order valence-corrected chi connectivity index (χ0v) is 21.9. The summed E-state index contributed by atoms with van der Waals surface area (Å²) in [5, 5.41) is 18.4. The van der Waals surface area contributed by atoms with Gasteiger partial charge in [-0.1, -0.05) is 107 Å². The summed E-state index contributed by atoms with van der Waals surface area (Å²) in [7, 11) is 0. The van der Waals surface area contributed by atoms with E-state index in [0.29, 0.717) is 26.3 Å². The standard InChI is InChI=1S/C32H28N6O2/c1-5-13-25(14-6-1)29-31(37(35-33-29)21-23-39-27-17-9-3-10-18-27)32-30(26-15-7-2-8-16-26)34-36-38(32)22-24-40-28-19-11-4-12-20-28/h1-20H,21-24H2. The maximum atomic E-state index is 6.01. The first-order valence-corrected chi connectivity index (χ1v) is 13.2. The van der Waals surface area contributed by atoms with Crippen LogP contribution in [0.15, 0.2) is 121 Å². The molecule has 198 valence electrons. The van der Waals surface area contributed by atoms with E-state index in [1.807, 2.05) is 131 Å². The quantitative estimate of drug-likeness (QED) is 0.204. The summed E-state index contributed by atoms with van der Waals surface area (Å²) in [6.45, 7) is 1.83. The number of benzene rings is 4. The molecule has 0 saturated heterocycles. The highest BCUT2D eigenvalue weighted by atomic mass is 16.5. The SMILES string of the molecule is c1ccc(OCCn2nnc(-c3ccccc3)c2-c2c(-c3ccccc3)nnn2CCOc2ccccc2)cc1. The van der Waals surface area contributed by atoms with Crippen LogP contribution in [-0.2, 0) is 13.1 Å². The van der Waals surface area contributed by atoms with E-state index in [4.69, 9.17) is 9.47 Å². The van der Waals surface area contributed by atoms with Gasteiger partial charge < -0.3 is 9.47 Å². The molecule has 40 heavy (non-hydrogen) atoms. The molecule has 0 spiro atoms. The average Bonchev–Trinajstić information content (AvgIpc) is 3.63. The minimum absolute atomic E-state index is 0.425. The summed E-state index contributed by atoms with van der Waals surface area (Å²) in [4.78, 5) is 0. The Hall–Kier alpha value is -5.24. The Bertz CT molecular complexity index is 1510. The first-order valence-electron chi connectivity index (χ1n) is 13.2. The van der Waals surface area contributed by atoms with Gasteiger partial charge in [-0.05, 0) is 24.3 Å². The topological polar surface area (TPSA) is 79.9 Å². The van der Waals surface area contributed by atoms with Crippen LogP contribution in [-0.4, -0.2) is 43.2 Å². The van der Waals surface area contributed by atoms with Crippen LogP contribution < -0.4 is 9.47 Å². The molecular weight excluding hydrogens is 500 g/mol. The number of aromatic nitrogens is 6. The number of hydrogen-bond acceptors (Lipinski definition) is 6. The van der Waals surface area contributed by atoms with Gasteiger partial charge in [0.25, 0.3) is 0 Å². The third-order valence-electron chi connectivity index (χ3n) is 6.42. The molecule has 0 fully saturated rings. The van der Waals surface area contributed by atoms with Gasteiger partial charge in [0.15, 0.2) is 0 Å². The summed E-state index contributed by atoms with van der Waals surface area (Å²) in [6.07, 6.45) is 0. The van der Waals surface area contributed by atoms with Crippen molar-refractivity contribution in [1.29, 1.82) is 0 Å². The van der Waals surface area contributed by atoms with Crippen LogP contribution in [0.1, 0.15) is 0 Å². The van der Waals surface area contributed by atoms with E-state index in [9.17, 15) is 0 Å².